The highest BCUT2D eigenvalue weighted by atomic mass is 32.1. The van der Waals surface area contributed by atoms with Gasteiger partial charge in [0.05, 0.1) is 18.3 Å². The van der Waals surface area contributed by atoms with Gasteiger partial charge in [0.1, 0.15) is 12.7 Å². The standard InChI is InChI=1S/C17H23NO10S/c1-9(19)24-7-13-14(25-10(2)20)15(26-11(3)21)16(27-12(4)22)17(28-13)23-6-5-18-8-29/h13-17H,5-7H2,1-4H3/t13?,14-,15?,16?,17+/m1/s1. The van der Waals surface area contributed by atoms with Crippen molar-refractivity contribution in [1.82, 2.24) is 0 Å². The monoisotopic (exact) mass is 433 g/mol. The molecule has 1 aliphatic rings. The fourth-order valence-electron chi connectivity index (χ4n) is 2.58. The number of ether oxygens (including phenoxy) is 6. The summed E-state index contributed by atoms with van der Waals surface area (Å²) in [6, 6.07) is 0. The summed E-state index contributed by atoms with van der Waals surface area (Å²) < 4.78 is 32.0. The number of isothiocyanates is 1. The zero-order valence-corrected chi connectivity index (χ0v) is 17.3. The molecule has 5 atom stereocenters. The van der Waals surface area contributed by atoms with Crippen LogP contribution in [0.3, 0.4) is 0 Å². The number of aliphatic imine (C=N–C) groups is 1. The predicted octanol–water partition coefficient (Wildman–Crippen LogP) is 0.189. The van der Waals surface area contributed by atoms with E-state index < -0.39 is 54.6 Å². The van der Waals surface area contributed by atoms with Gasteiger partial charge in [0, 0.05) is 27.7 Å². The molecule has 1 aliphatic heterocycles. The topological polar surface area (TPSA) is 136 Å². The first-order valence-electron chi connectivity index (χ1n) is 8.61. The predicted molar refractivity (Wildman–Crippen MR) is 97.8 cm³/mol. The van der Waals surface area contributed by atoms with Gasteiger partial charge in [0.15, 0.2) is 24.6 Å². The number of carbonyl (C=O) groups excluding carboxylic acids is 4. The Bertz CT molecular complexity index is 663. The largest absolute Gasteiger partial charge is 0.463 e. The lowest BCUT2D eigenvalue weighted by molar-refractivity contribution is -0.307. The first-order valence-corrected chi connectivity index (χ1v) is 9.02. The lowest BCUT2D eigenvalue weighted by Gasteiger charge is -2.44. The van der Waals surface area contributed by atoms with Gasteiger partial charge in [0.2, 0.25) is 0 Å². The van der Waals surface area contributed by atoms with Crippen molar-refractivity contribution in [2.24, 2.45) is 4.99 Å². The van der Waals surface area contributed by atoms with E-state index in [1.54, 1.807) is 0 Å². The summed E-state index contributed by atoms with van der Waals surface area (Å²) in [7, 11) is 0. The first-order chi connectivity index (χ1) is 13.6. The Labute approximate surface area is 172 Å². The van der Waals surface area contributed by atoms with Gasteiger partial charge >= 0.3 is 23.9 Å². The molecule has 0 amide bonds. The van der Waals surface area contributed by atoms with Gasteiger partial charge in [0.25, 0.3) is 0 Å². The molecule has 11 nitrogen and oxygen atoms in total. The van der Waals surface area contributed by atoms with E-state index in [0.29, 0.717) is 0 Å². The SMILES string of the molecule is CC(=O)OCC1O[C@H](OCCN=C=S)C(OC(C)=O)C(OC(C)=O)[C@@H]1OC(C)=O. The van der Waals surface area contributed by atoms with Crippen molar-refractivity contribution in [2.75, 3.05) is 19.8 Å². The van der Waals surface area contributed by atoms with E-state index in [1.807, 2.05) is 0 Å². The minimum absolute atomic E-state index is 0.0113. The molecule has 0 aromatic rings. The Morgan fingerprint density at radius 3 is 1.97 bits per heavy atom. The average molecular weight is 433 g/mol. The highest BCUT2D eigenvalue weighted by Crippen LogP contribution is 2.29. The maximum atomic E-state index is 11.6. The summed E-state index contributed by atoms with van der Waals surface area (Å²) in [6.45, 7) is 4.44. The van der Waals surface area contributed by atoms with E-state index in [9.17, 15) is 19.2 Å². The third kappa shape index (κ3) is 8.65. The van der Waals surface area contributed by atoms with Crippen molar-refractivity contribution in [2.45, 2.75) is 58.4 Å². The number of hydrogen-bond donors (Lipinski definition) is 0. The van der Waals surface area contributed by atoms with E-state index in [0.717, 1.165) is 20.8 Å². The lowest BCUT2D eigenvalue weighted by atomic mass is 9.98. The smallest absolute Gasteiger partial charge is 0.303 e. The molecule has 1 fully saturated rings. The second kappa shape index (κ2) is 12.2. The summed E-state index contributed by atoms with van der Waals surface area (Å²) in [5.74, 6) is -2.74. The van der Waals surface area contributed by atoms with Crippen LogP contribution >= 0.6 is 12.2 Å². The quantitative estimate of drug-likeness (QED) is 0.162. The van der Waals surface area contributed by atoms with E-state index in [2.05, 4.69) is 22.4 Å². The number of carbonyl (C=O) groups is 4. The number of thiocarbonyl (C=S) groups is 1. The highest BCUT2D eigenvalue weighted by molar-refractivity contribution is 7.78. The van der Waals surface area contributed by atoms with Crippen LogP contribution in [0.15, 0.2) is 4.99 Å². The second-order valence-corrected chi connectivity index (χ2v) is 6.09. The van der Waals surface area contributed by atoms with Gasteiger partial charge in [-0.25, -0.2) is 4.99 Å². The first kappa shape index (κ1) is 24.6. The Hall–Kier alpha value is -2.40. The van der Waals surface area contributed by atoms with Gasteiger partial charge in [-0.2, -0.15) is 0 Å². The summed E-state index contributed by atoms with van der Waals surface area (Å²) in [5.41, 5.74) is 0. The van der Waals surface area contributed by atoms with Crippen LogP contribution in [0.4, 0.5) is 0 Å². The van der Waals surface area contributed by atoms with Crippen LogP contribution in [-0.2, 0) is 47.6 Å². The Morgan fingerprint density at radius 1 is 0.897 bits per heavy atom. The number of rotatable bonds is 9. The highest BCUT2D eigenvalue weighted by Gasteiger charge is 2.52. The molecule has 0 spiro atoms. The van der Waals surface area contributed by atoms with Crippen molar-refractivity contribution in [3.8, 4) is 0 Å². The van der Waals surface area contributed by atoms with Crippen molar-refractivity contribution in [1.29, 1.82) is 0 Å². The third-order valence-corrected chi connectivity index (χ3v) is 3.63. The van der Waals surface area contributed by atoms with Gasteiger partial charge in [-0.15, -0.1) is 0 Å². The maximum Gasteiger partial charge on any atom is 0.303 e. The van der Waals surface area contributed by atoms with Crippen LogP contribution in [0.25, 0.3) is 0 Å². The minimum atomic E-state index is -1.27. The Kier molecular flexibility index (Phi) is 10.4. The molecule has 12 heteroatoms. The van der Waals surface area contributed by atoms with Gasteiger partial charge in [-0.05, 0) is 12.2 Å². The average Bonchev–Trinajstić information content (AvgIpc) is 2.60. The summed E-state index contributed by atoms with van der Waals surface area (Å²) in [6.07, 6.45) is -6.03. The lowest BCUT2D eigenvalue weighted by Crippen LogP contribution is -2.63. The fourth-order valence-corrected chi connectivity index (χ4v) is 2.67. The fraction of sp³-hybridized carbons (Fsp3) is 0.706. The molecule has 0 saturated carbocycles. The Balaban J connectivity index is 3.22. The van der Waals surface area contributed by atoms with Crippen LogP contribution in [0, 0.1) is 0 Å². The molecular formula is C17H23NO10S. The molecule has 0 bridgehead atoms. The van der Waals surface area contributed by atoms with Crippen LogP contribution in [-0.4, -0.2) is 79.5 Å². The van der Waals surface area contributed by atoms with Gasteiger partial charge in [-0.1, -0.05) is 0 Å². The van der Waals surface area contributed by atoms with E-state index >= 15 is 0 Å². The second-order valence-electron chi connectivity index (χ2n) is 5.91. The third-order valence-electron chi connectivity index (χ3n) is 3.50. The molecule has 0 aliphatic carbocycles. The number of esters is 4. The molecule has 0 N–H and O–H groups in total. The van der Waals surface area contributed by atoms with Crippen LogP contribution < -0.4 is 0 Å². The molecule has 3 unspecified atom stereocenters. The van der Waals surface area contributed by atoms with Crippen molar-refractivity contribution >= 4 is 41.3 Å². The number of hydrogen-bond acceptors (Lipinski definition) is 12. The summed E-state index contributed by atoms with van der Waals surface area (Å²) >= 11 is 4.47. The molecule has 162 valence electrons. The molecule has 0 aromatic carbocycles. The molecule has 1 heterocycles. The van der Waals surface area contributed by atoms with Crippen molar-refractivity contribution in [3.63, 3.8) is 0 Å². The van der Waals surface area contributed by atoms with Crippen molar-refractivity contribution in [3.05, 3.63) is 0 Å². The van der Waals surface area contributed by atoms with Gasteiger partial charge < -0.3 is 28.4 Å². The van der Waals surface area contributed by atoms with Crippen LogP contribution in [0.2, 0.25) is 0 Å². The zero-order valence-electron chi connectivity index (χ0n) is 16.4. The molecular weight excluding hydrogens is 410 g/mol. The Morgan fingerprint density at radius 2 is 1.45 bits per heavy atom. The summed E-state index contributed by atoms with van der Waals surface area (Å²) in [4.78, 5) is 49.7. The zero-order chi connectivity index (χ0) is 22.0. The van der Waals surface area contributed by atoms with Crippen LogP contribution in [0.1, 0.15) is 27.7 Å². The maximum absolute atomic E-state index is 11.6. The van der Waals surface area contributed by atoms with E-state index in [1.165, 1.54) is 6.92 Å². The molecule has 0 radical (unpaired) electrons. The molecule has 0 aromatic heterocycles. The van der Waals surface area contributed by atoms with Crippen LogP contribution in [0.5, 0.6) is 0 Å². The van der Waals surface area contributed by atoms with Gasteiger partial charge in [-0.3, -0.25) is 19.2 Å². The molecule has 29 heavy (non-hydrogen) atoms. The molecule has 1 rings (SSSR count). The normalized spacial score (nSPS) is 25.9. The summed E-state index contributed by atoms with van der Waals surface area (Å²) in [5, 5.41) is 2.17. The minimum Gasteiger partial charge on any atom is -0.463 e. The molecule has 1 saturated heterocycles. The number of nitrogens with zero attached hydrogens (tertiary/aromatic N) is 1. The van der Waals surface area contributed by atoms with Crippen molar-refractivity contribution < 1.29 is 47.6 Å². The van der Waals surface area contributed by atoms with E-state index in [4.69, 9.17) is 28.4 Å². The van der Waals surface area contributed by atoms with E-state index in [-0.39, 0.29) is 19.8 Å².